The van der Waals surface area contributed by atoms with E-state index in [1.165, 1.54) is 11.3 Å². The number of Topliss-reactive ketones (excluding diaryl/α,β-unsaturated/α-hetero) is 1. The van der Waals surface area contributed by atoms with Gasteiger partial charge in [0, 0.05) is 4.47 Å². The number of imide groups is 1. The number of halogens is 1. The van der Waals surface area contributed by atoms with Crippen LogP contribution in [-0.2, 0) is 0 Å². The predicted octanol–water partition coefficient (Wildman–Crippen LogP) is 2.99. The summed E-state index contributed by atoms with van der Waals surface area (Å²) in [5.41, 5.74) is 0.681. The first kappa shape index (κ1) is 13.2. The van der Waals surface area contributed by atoms with Crippen molar-refractivity contribution in [2.75, 3.05) is 6.54 Å². The number of fused-ring (bicyclic) bond motifs is 1. The molecular weight excluding hydrogens is 342 g/mol. The highest BCUT2D eigenvalue weighted by molar-refractivity contribution is 9.10. The SMILES string of the molecule is O=C(CN1C(=O)c2ccc(Br)cc2C1=O)c1cccs1. The van der Waals surface area contributed by atoms with Crippen molar-refractivity contribution in [1.29, 1.82) is 0 Å². The molecule has 20 heavy (non-hydrogen) atoms. The zero-order valence-electron chi connectivity index (χ0n) is 10.1. The number of carbonyl (C=O) groups is 3. The van der Waals surface area contributed by atoms with Gasteiger partial charge in [-0.15, -0.1) is 11.3 Å². The van der Waals surface area contributed by atoms with E-state index in [-0.39, 0.29) is 12.3 Å². The molecular formula is C14H8BrNO3S. The number of hydrogen-bond donors (Lipinski definition) is 0. The Morgan fingerprint density at radius 2 is 1.90 bits per heavy atom. The van der Waals surface area contributed by atoms with Crippen LogP contribution in [0, 0.1) is 0 Å². The van der Waals surface area contributed by atoms with Crippen molar-refractivity contribution >= 4 is 44.9 Å². The van der Waals surface area contributed by atoms with Crippen LogP contribution in [0.1, 0.15) is 30.4 Å². The van der Waals surface area contributed by atoms with Gasteiger partial charge in [0.15, 0.2) is 5.78 Å². The maximum atomic E-state index is 12.2. The third-order valence-corrected chi connectivity index (χ3v) is 4.43. The van der Waals surface area contributed by atoms with E-state index < -0.39 is 11.8 Å². The summed E-state index contributed by atoms with van der Waals surface area (Å²) >= 11 is 4.56. The zero-order chi connectivity index (χ0) is 14.3. The Labute approximate surface area is 127 Å². The first-order chi connectivity index (χ1) is 9.58. The second kappa shape index (κ2) is 4.96. The molecule has 1 aliphatic rings. The fraction of sp³-hybridized carbons (Fsp3) is 0.0714. The quantitative estimate of drug-likeness (QED) is 0.632. The highest BCUT2D eigenvalue weighted by Crippen LogP contribution is 2.26. The Kier molecular flexibility index (Phi) is 3.27. The van der Waals surface area contributed by atoms with Crippen LogP contribution in [0.2, 0.25) is 0 Å². The average Bonchev–Trinajstić information content (AvgIpc) is 3.03. The topological polar surface area (TPSA) is 54.5 Å². The van der Waals surface area contributed by atoms with Crippen LogP contribution in [0.25, 0.3) is 0 Å². The van der Waals surface area contributed by atoms with E-state index >= 15 is 0 Å². The molecule has 0 spiro atoms. The van der Waals surface area contributed by atoms with Gasteiger partial charge >= 0.3 is 0 Å². The number of amides is 2. The molecule has 3 rings (SSSR count). The molecule has 0 unspecified atom stereocenters. The molecule has 1 aliphatic heterocycles. The fourth-order valence-corrected chi connectivity index (χ4v) is 3.08. The lowest BCUT2D eigenvalue weighted by Crippen LogP contribution is -2.34. The van der Waals surface area contributed by atoms with Gasteiger partial charge in [0.2, 0.25) is 0 Å². The molecule has 0 atom stereocenters. The summed E-state index contributed by atoms with van der Waals surface area (Å²) in [7, 11) is 0. The number of hydrogen-bond acceptors (Lipinski definition) is 4. The van der Waals surface area contributed by atoms with E-state index in [2.05, 4.69) is 15.9 Å². The summed E-state index contributed by atoms with van der Waals surface area (Å²) in [6, 6.07) is 8.34. The first-order valence-corrected chi connectivity index (χ1v) is 7.47. The van der Waals surface area contributed by atoms with Crippen LogP contribution in [0.5, 0.6) is 0 Å². The third kappa shape index (κ3) is 2.10. The van der Waals surface area contributed by atoms with Gasteiger partial charge in [0.1, 0.15) is 0 Å². The van der Waals surface area contributed by atoms with Crippen LogP contribution < -0.4 is 0 Å². The van der Waals surface area contributed by atoms with Crippen LogP contribution in [-0.4, -0.2) is 29.0 Å². The van der Waals surface area contributed by atoms with Crippen LogP contribution >= 0.6 is 27.3 Å². The van der Waals surface area contributed by atoms with Gasteiger partial charge in [-0.25, -0.2) is 0 Å². The normalized spacial score (nSPS) is 13.8. The van der Waals surface area contributed by atoms with Crippen LogP contribution in [0.3, 0.4) is 0 Å². The molecule has 0 radical (unpaired) electrons. The van der Waals surface area contributed by atoms with E-state index in [0.29, 0.717) is 16.0 Å². The highest BCUT2D eigenvalue weighted by Gasteiger charge is 2.36. The maximum absolute atomic E-state index is 12.2. The van der Waals surface area contributed by atoms with Crippen molar-refractivity contribution in [3.8, 4) is 0 Å². The molecule has 0 aliphatic carbocycles. The molecule has 2 heterocycles. The largest absolute Gasteiger partial charge is 0.291 e. The Balaban J connectivity index is 1.88. The van der Waals surface area contributed by atoms with Gasteiger partial charge in [-0.3, -0.25) is 19.3 Å². The summed E-state index contributed by atoms with van der Waals surface area (Å²) in [6.45, 7) is -0.218. The summed E-state index contributed by atoms with van der Waals surface area (Å²) < 4.78 is 0.726. The molecule has 4 nitrogen and oxygen atoms in total. The molecule has 2 aromatic rings. The van der Waals surface area contributed by atoms with E-state index in [1.807, 2.05) is 0 Å². The molecule has 0 saturated carbocycles. The predicted molar refractivity (Wildman–Crippen MR) is 78.2 cm³/mol. The number of ketones is 1. The molecule has 6 heteroatoms. The minimum Gasteiger partial charge on any atom is -0.291 e. The summed E-state index contributed by atoms with van der Waals surface area (Å²) in [5.74, 6) is -1.06. The number of nitrogens with zero attached hydrogens (tertiary/aromatic N) is 1. The van der Waals surface area contributed by atoms with E-state index in [1.54, 1.807) is 35.7 Å². The second-order valence-corrected chi connectivity index (χ2v) is 6.15. The Morgan fingerprint density at radius 1 is 1.15 bits per heavy atom. The van der Waals surface area contributed by atoms with Gasteiger partial charge in [-0.1, -0.05) is 22.0 Å². The van der Waals surface area contributed by atoms with Crippen molar-refractivity contribution in [3.63, 3.8) is 0 Å². The molecule has 1 aromatic heterocycles. The van der Waals surface area contributed by atoms with Gasteiger partial charge in [-0.05, 0) is 29.6 Å². The lowest BCUT2D eigenvalue weighted by atomic mass is 10.1. The first-order valence-electron chi connectivity index (χ1n) is 5.80. The van der Waals surface area contributed by atoms with Crippen molar-refractivity contribution in [2.24, 2.45) is 0 Å². The van der Waals surface area contributed by atoms with E-state index in [0.717, 1.165) is 9.37 Å². The van der Waals surface area contributed by atoms with Crippen molar-refractivity contribution in [2.45, 2.75) is 0 Å². The molecule has 100 valence electrons. The molecule has 0 bridgehead atoms. The minimum atomic E-state index is -0.420. The highest BCUT2D eigenvalue weighted by atomic mass is 79.9. The zero-order valence-corrected chi connectivity index (χ0v) is 12.5. The maximum Gasteiger partial charge on any atom is 0.262 e. The Morgan fingerprint density at radius 3 is 2.60 bits per heavy atom. The average molecular weight is 350 g/mol. The van der Waals surface area contributed by atoms with Crippen LogP contribution in [0.4, 0.5) is 0 Å². The lowest BCUT2D eigenvalue weighted by molar-refractivity contribution is 0.0625. The smallest absolute Gasteiger partial charge is 0.262 e. The van der Waals surface area contributed by atoms with Gasteiger partial charge in [0.25, 0.3) is 11.8 Å². The van der Waals surface area contributed by atoms with E-state index in [4.69, 9.17) is 0 Å². The van der Waals surface area contributed by atoms with Gasteiger partial charge in [0.05, 0.1) is 22.5 Å². The van der Waals surface area contributed by atoms with E-state index in [9.17, 15) is 14.4 Å². The monoisotopic (exact) mass is 349 g/mol. The van der Waals surface area contributed by atoms with Crippen molar-refractivity contribution < 1.29 is 14.4 Å². The standard InChI is InChI=1S/C14H8BrNO3S/c15-8-3-4-9-10(6-8)14(19)16(13(9)18)7-11(17)12-2-1-5-20-12/h1-6H,7H2. The molecule has 0 N–H and O–H groups in total. The Hall–Kier alpha value is -1.79. The number of benzene rings is 1. The second-order valence-electron chi connectivity index (χ2n) is 4.29. The summed E-state index contributed by atoms with van der Waals surface area (Å²) in [4.78, 5) is 37.9. The van der Waals surface area contributed by atoms with Gasteiger partial charge < -0.3 is 0 Å². The Bertz CT molecular complexity index is 724. The number of thiophene rings is 1. The number of carbonyl (C=O) groups excluding carboxylic acids is 3. The summed E-state index contributed by atoms with van der Waals surface area (Å²) in [5, 5.41) is 1.78. The van der Waals surface area contributed by atoms with Crippen molar-refractivity contribution in [1.82, 2.24) is 4.90 Å². The van der Waals surface area contributed by atoms with Crippen molar-refractivity contribution in [3.05, 3.63) is 56.2 Å². The third-order valence-electron chi connectivity index (χ3n) is 3.03. The molecule has 0 fully saturated rings. The molecule has 0 saturated heterocycles. The van der Waals surface area contributed by atoms with Gasteiger partial charge in [-0.2, -0.15) is 0 Å². The minimum absolute atomic E-state index is 0.218. The fourth-order valence-electron chi connectivity index (χ4n) is 2.07. The lowest BCUT2D eigenvalue weighted by Gasteiger charge is -2.11. The molecule has 2 amide bonds. The molecule has 1 aromatic carbocycles. The van der Waals surface area contributed by atoms with Crippen LogP contribution in [0.15, 0.2) is 40.2 Å². The number of rotatable bonds is 3. The summed E-state index contributed by atoms with van der Waals surface area (Å²) in [6.07, 6.45) is 0.